The van der Waals surface area contributed by atoms with Gasteiger partial charge in [0, 0.05) is 24.9 Å². The fraction of sp³-hybridized carbons (Fsp3) is 0.333. The van der Waals surface area contributed by atoms with Gasteiger partial charge in [-0.1, -0.05) is 6.07 Å². The maximum Gasteiger partial charge on any atom is 0.270 e. The van der Waals surface area contributed by atoms with E-state index in [1.54, 1.807) is 35.0 Å². The van der Waals surface area contributed by atoms with E-state index < -0.39 is 5.54 Å². The zero-order valence-corrected chi connectivity index (χ0v) is 16.8. The molecule has 30 heavy (non-hydrogen) atoms. The minimum atomic E-state index is -0.847. The highest BCUT2D eigenvalue weighted by atomic mass is 16.5. The normalized spacial score (nSPS) is 18.2. The van der Waals surface area contributed by atoms with E-state index in [-0.39, 0.29) is 17.2 Å². The predicted octanol–water partition coefficient (Wildman–Crippen LogP) is 1.93. The zero-order valence-electron chi connectivity index (χ0n) is 16.8. The number of nitrogens with one attached hydrogen (secondary N) is 1. The minimum absolute atomic E-state index is 0.171. The van der Waals surface area contributed by atoms with Gasteiger partial charge in [0.2, 0.25) is 5.88 Å². The van der Waals surface area contributed by atoms with Gasteiger partial charge >= 0.3 is 0 Å². The molecule has 0 saturated carbocycles. The maximum atomic E-state index is 13.0. The summed E-state index contributed by atoms with van der Waals surface area (Å²) in [5, 5.41) is 3.05. The molecule has 9 nitrogen and oxygen atoms in total. The molecule has 4 rings (SSSR count). The van der Waals surface area contributed by atoms with Gasteiger partial charge in [-0.2, -0.15) is 0 Å². The van der Waals surface area contributed by atoms with E-state index in [9.17, 15) is 9.59 Å². The third kappa shape index (κ3) is 3.78. The molecule has 1 unspecified atom stereocenters. The average molecular weight is 406 g/mol. The van der Waals surface area contributed by atoms with Crippen molar-refractivity contribution in [2.75, 3.05) is 7.11 Å². The van der Waals surface area contributed by atoms with E-state index in [4.69, 9.17) is 9.72 Å². The molecule has 0 radical (unpaired) electrons. The molecule has 1 N–H and O–H groups in total. The van der Waals surface area contributed by atoms with Crippen molar-refractivity contribution in [1.29, 1.82) is 0 Å². The first-order valence-corrected chi connectivity index (χ1v) is 9.72. The Kier molecular flexibility index (Phi) is 5.26. The highest BCUT2D eigenvalue weighted by molar-refractivity contribution is 5.93. The van der Waals surface area contributed by atoms with Crippen molar-refractivity contribution in [2.45, 2.75) is 38.3 Å². The van der Waals surface area contributed by atoms with Crippen molar-refractivity contribution in [3.8, 4) is 17.3 Å². The van der Waals surface area contributed by atoms with Gasteiger partial charge in [-0.25, -0.2) is 19.9 Å². The standard InChI is InChI=1S/C21H22N6O3/c1-21(26-19(29)15-6-5-7-17(24-15)30-2)9-3-4-11-27-18(28)12-16(25-20(21)27)14-8-10-22-13-23-14/h5-8,10,12-13H,3-4,9,11H2,1-2H3,(H,26,29). The second kappa shape index (κ2) is 8.02. The van der Waals surface area contributed by atoms with E-state index in [0.717, 1.165) is 12.8 Å². The van der Waals surface area contributed by atoms with Gasteiger partial charge in [0.05, 0.1) is 24.0 Å². The van der Waals surface area contributed by atoms with Crippen molar-refractivity contribution in [2.24, 2.45) is 0 Å². The van der Waals surface area contributed by atoms with E-state index >= 15 is 0 Å². The van der Waals surface area contributed by atoms with Crippen molar-refractivity contribution < 1.29 is 9.53 Å². The lowest BCUT2D eigenvalue weighted by Gasteiger charge is -2.30. The Morgan fingerprint density at radius 1 is 1.20 bits per heavy atom. The van der Waals surface area contributed by atoms with E-state index in [1.165, 1.54) is 19.5 Å². The number of hydrogen-bond acceptors (Lipinski definition) is 7. The van der Waals surface area contributed by atoms with Crippen LogP contribution in [-0.4, -0.2) is 37.5 Å². The lowest BCUT2D eigenvalue weighted by molar-refractivity contribution is 0.0888. The molecule has 0 spiro atoms. The van der Waals surface area contributed by atoms with Crippen LogP contribution >= 0.6 is 0 Å². The zero-order chi connectivity index (χ0) is 21.1. The Bertz CT molecular complexity index is 1130. The number of carbonyl (C=O) groups is 1. The smallest absolute Gasteiger partial charge is 0.270 e. The average Bonchev–Trinajstić information content (AvgIpc) is 2.93. The number of rotatable bonds is 4. The van der Waals surface area contributed by atoms with Gasteiger partial charge in [0.1, 0.15) is 17.8 Å². The van der Waals surface area contributed by atoms with E-state index in [1.807, 2.05) is 6.92 Å². The fourth-order valence-corrected chi connectivity index (χ4v) is 3.67. The summed E-state index contributed by atoms with van der Waals surface area (Å²) in [5.41, 5.74) is 0.227. The second-order valence-electron chi connectivity index (χ2n) is 7.36. The van der Waals surface area contributed by atoms with Gasteiger partial charge in [-0.15, -0.1) is 0 Å². The van der Waals surface area contributed by atoms with Gasteiger partial charge in [-0.3, -0.25) is 14.2 Å². The molecule has 9 heteroatoms. The predicted molar refractivity (Wildman–Crippen MR) is 109 cm³/mol. The van der Waals surface area contributed by atoms with Crippen LogP contribution in [0.15, 0.2) is 47.7 Å². The molecule has 0 aromatic carbocycles. The van der Waals surface area contributed by atoms with Gasteiger partial charge < -0.3 is 10.1 Å². The molecule has 1 aliphatic rings. The number of methoxy groups -OCH3 is 1. The van der Waals surface area contributed by atoms with E-state index in [2.05, 4.69) is 20.3 Å². The third-order valence-corrected chi connectivity index (χ3v) is 5.21. The Balaban J connectivity index is 1.76. The summed E-state index contributed by atoms with van der Waals surface area (Å²) >= 11 is 0. The first kappa shape index (κ1) is 19.7. The lowest BCUT2D eigenvalue weighted by Crippen LogP contribution is -2.47. The molecule has 0 saturated heterocycles. The first-order valence-electron chi connectivity index (χ1n) is 9.72. The molecule has 0 aliphatic carbocycles. The van der Waals surface area contributed by atoms with Crippen LogP contribution in [0.4, 0.5) is 0 Å². The summed E-state index contributed by atoms with van der Waals surface area (Å²) < 4.78 is 6.75. The van der Waals surface area contributed by atoms with Crippen LogP contribution in [0.1, 0.15) is 42.5 Å². The number of hydrogen-bond donors (Lipinski definition) is 1. The topological polar surface area (TPSA) is 112 Å². The molecule has 154 valence electrons. The molecule has 0 bridgehead atoms. The summed E-state index contributed by atoms with van der Waals surface area (Å²) in [6, 6.07) is 8.18. The third-order valence-electron chi connectivity index (χ3n) is 5.21. The van der Waals surface area contributed by atoms with Gasteiger partial charge in [0.25, 0.3) is 11.5 Å². The molecular weight excluding hydrogens is 384 g/mol. The van der Waals surface area contributed by atoms with Crippen LogP contribution in [0.5, 0.6) is 5.88 Å². The van der Waals surface area contributed by atoms with Crippen LogP contribution < -0.4 is 15.6 Å². The Hall–Kier alpha value is -3.62. The summed E-state index contributed by atoms with van der Waals surface area (Å²) in [7, 11) is 1.50. The summed E-state index contributed by atoms with van der Waals surface area (Å²) in [6.45, 7) is 2.44. The van der Waals surface area contributed by atoms with Crippen LogP contribution in [0.25, 0.3) is 11.4 Å². The number of aromatic nitrogens is 5. The monoisotopic (exact) mass is 406 g/mol. The number of ether oxygens (including phenoxy) is 1. The molecule has 1 aliphatic heterocycles. The number of carbonyl (C=O) groups excluding carboxylic acids is 1. The second-order valence-corrected chi connectivity index (χ2v) is 7.36. The number of pyridine rings is 1. The maximum absolute atomic E-state index is 13.0. The van der Waals surface area contributed by atoms with E-state index in [0.29, 0.717) is 36.1 Å². The Morgan fingerprint density at radius 3 is 2.83 bits per heavy atom. The highest BCUT2D eigenvalue weighted by Crippen LogP contribution is 2.30. The minimum Gasteiger partial charge on any atom is -0.481 e. The quantitative estimate of drug-likeness (QED) is 0.704. The van der Waals surface area contributed by atoms with Crippen LogP contribution in [-0.2, 0) is 12.1 Å². The molecule has 4 heterocycles. The molecule has 0 fully saturated rings. The van der Waals surface area contributed by atoms with Crippen molar-refractivity contribution in [3.05, 3.63) is 64.7 Å². The summed E-state index contributed by atoms with van der Waals surface area (Å²) in [4.78, 5) is 42.9. The Labute approximate surface area is 173 Å². The van der Waals surface area contributed by atoms with Gasteiger partial charge in [-0.05, 0) is 38.3 Å². The van der Waals surface area contributed by atoms with Crippen LogP contribution in [0.3, 0.4) is 0 Å². The van der Waals surface area contributed by atoms with Gasteiger partial charge in [0.15, 0.2) is 0 Å². The molecule has 3 aromatic heterocycles. The SMILES string of the molecule is COc1cccc(C(=O)NC2(C)CCCCn3c2nc(-c2ccncn2)cc3=O)n1. The number of nitrogens with zero attached hydrogens (tertiary/aromatic N) is 5. The summed E-state index contributed by atoms with van der Waals surface area (Å²) in [6.07, 6.45) is 5.32. The number of fused-ring (bicyclic) bond motifs is 1. The van der Waals surface area contributed by atoms with Crippen LogP contribution in [0.2, 0.25) is 0 Å². The first-order chi connectivity index (χ1) is 14.5. The van der Waals surface area contributed by atoms with Crippen LogP contribution in [0, 0.1) is 0 Å². The highest BCUT2D eigenvalue weighted by Gasteiger charge is 2.36. The fourth-order valence-electron chi connectivity index (χ4n) is 3.67. The largest absolute Gasteiger partial charge is 0.481 e. The molecule has 3 aromatic rings. The lowest BCUT2D eigenvalue weighted by atomic mass is 9.94. The summed E-state index contributed by atoms with van der Waals surface area (Å²) in [5.74, 6) is 0.512. The molecular formula is C21H22N6O3. The van der Waals surface area contributed by atoms with Crippen molar-refractivity contribution in [3.63, 3.8) is 0 Å². The van der Waals surface area contributed by atoms with Crippen molar-refractivity contribution in [1.82, 2.24) is 29.8 Å². The Morgan fingerprint density at radius 2 is 2.07 bits per heavy atom. The molecule has 1 amide bonds. The molecule has 1 atom stereocenters. The van der Waals surface area contributed by atoms with Crippen molar-refractivity contribution >= 4 is 5.91 Å². The number of amides is 1.